The largest absolute Gasteiger partial charge is 0.352 e. The minimum atomic E-state index is -1.01. The zero-order valence-corrected chi connectivity index (χ0v) is 18.9. The van der Waals surface area contributed by atoms with E-state index in [1.165, 1.54) is 25.4 Å². The first-order valence-corrected chi connectivity index (χ1v) is 11.1. The molecule has 1 atom stereocenters. The Hall–Kier alpha value is -4.41. The van der Waals surface area contributed by atoms with E-state index in [-0.39, 0.29) is 35.8 Å². The number of aryl methyl sites for hydroxylation is 1. The average Bonchev–Trinajstić information content (AvgIpc) is 3.06. The molecule has 3 heterocycles. The Morgan fingerprint density at radius 2 is 1.89 bits per heavy atom. The third-order valence-electron chi connectivity index (χ3n) is 5.81. The molecule has 2 aromatic rings. The van der Waals surface area contributed by atoms with E-state index >= 15 is 0 Å². The van der Waals surface area contributed by atoms with Crippen molar-refractivity contribution in [3.63, 3.8) is 0 Å². The molecule has 4 rings (SSSR count). The number of aromatic nitrogens is 1. The number of benzene rings is 1. The van der Waals surface area contributed by atoms with Crippen molar-refractivity contribution in [3.05, 3.63) is 58.9 Å². The highest BCUT2D eigenvalue weighted by Gasteiger charge is 2.44. The summed E-state index contributed by atoms with van der Waals surface area (Å²) in [7, 11) is 0. The van der Waals surface area contributed by atoms with Crippen molar-refractivity contribution in [2.45, 2.75) is 38.6 Å². The lowest BCUT2D eigenvalue weighted by Gasteiger charge is -2.27. The highest BCUT2D eigenvalue weighted by atomic mass is 16.2. The quantitative estimate of drug-likeness (QED) is 0.394. The minimum absolute atomic E-state index is 0.0621. The number of hydrogen-bond acceptors (Lipinski definition) is 7. The van der Waals surface area contributed by atoms with Crippen molar-refractivity contribution in [2.24, 2.45) is 0 Å². The molecule has 11 heteroatoms. The molecular weight excluding hydrogens is 454 g/mol. The second-order valence-electron chi connectivity index (χ2n) is 8.29. The molecule has 1 saturated heterocycles. The van der Waals surface area contributed by atoms with Crippen LogP contribution in [-0.4, -0.2) is 57.9 Å². The number of fused-ring (bicyclic) bond motifs is 1. The van der Waals surface area contributed by atoms with E-state index in [0.717, 1.165) is 10.5 Å². The Morgan fingerprint density at radius 3 is 2.63 bits per heavy atom. The number of nitrogens with zero attached hydrogens (tertiary/aromatic N) is 2. The van der Waals surface area contributed by atoms with Crippen LogP contribution >= 0.6 is 0 Å². The van der Waals surface area contributed by atoms with Gasteiger partial charge in [-0.2, -0.15) is 0 Å². The van der Waals surface area contributed by atoms with E-state index in [1.807, 2.05) is 0 Å². The van der Waals surface area contributed by atoms with Crippen LogP contribution in [0.25, 0.3) is 0 Å². The zero-order valence-electron chi connectivity index (χ0n) is 18.9. The van der Waals surface area contributed by atoms with E-state index in [0.29, 0.717) is 30.6 Å². The number of piperidine rings is 1. The van der Waals surface area contributed by atoms with Crippen LogP contribution in [0.4, 0.5) is 5.69 Å². The number of amides is 6. The molecule has 2 aliphatic rings. The number of rotatable bonds is 7. The van der Waals surface area contributed by atoms with Crippen molar-refractivity contribution in [1.82, 2.24) is 20.5 Å². The Morgan fingerprint density at radius 1 is 1.11 bits per heavy atom. The van der Waals surface area contributed by atoms with Gasteiger partial charge in [-0.1, -0.05) is 6.07 Å². The maximum absolute atomic E-state index is 12.9. The molecule has 0 bridgehead atoms. The second-order valence-corrected chi connectivity index (χ2v) is 8.29. The molecule has 0 spiro atoms. The summed E-state index contributed by atoms with van der Waals surface area (Å²) in [4.78, 5) is 77.9. The molecule has 35 heavy (non-hydrogen) atoms. The number of nitrogens with one attached hydrogen (secondary N) is 3. The van der Waals surface area contributed by atoms with Crippen LogP contribution in [0.5, 0.6) is 0 Å². The van der Waals surface area contributed by atoms with Gasteiger partial charge in [0.2, 0.25) is 17.7 Å². The lowest BCUT2D eigenvalue weighted by Crippen LogP contribution is -2.54. The van der Waals surface area contributed by atoms with Crippen LogP contribution in [0, 0.1) is 0 Å². The Kier molecular flexibility index (Phi) is 6.67. The molecule has 0 radical (unpaired) electrons. The van der Waals surface area contributed by atoms with E-state index in [1.54, 1.807) is 18.2 Å². The van der Waals surface area contributed by atoms with Gasteiger partial charge >= 0.3 is 0 Å². The minimum Gasteiger partial charge on any atom is -0.352 e. The van der Waals surface area contributed by atoms with Crippen LogP contribution in [0.3, 0.4) is 0 Å². The molecule has 6 amide bonds. The SMILES string of the molecule is CC(=O)Nc1cnccc1C(=O)NCCCc1ccc2c(c1)C(=O)N(C1CCC(=O)NC1=O)C2=O. The van der Waals surface area contributed by atoms with Crippen LogP contribution in [0.15, 0.2) is 36.7 Å². The first-order chi connectivity index (χ1) is 16.8. The van der Waals surface area contributed by atoms with Gasteiger partial charge in [0.05, 0.1) is 28.6 Å². The highest BCUT2D eigenvalue weighted by molar-refractivity contribution is 6.23. The number of hydrogen-bond donors (Lipinski definition) is 3. The fourth-order valence-corrected chi connectivity index (χ4v) is 4.15. The van der Waals surface area contributed by atoms with Gasteiger partial charge in [-0.15, -0.1) is 0 Å². The van der Waals surface area contributed by atoms with Gasteiger partial charge in [-0.25, -0.2) is 0 Å². The summed E-state index contributed by atoms with van der Waals surface area (Å²) in [6.07, 6.45) is 4.11. The monoisotopic (exact) mass is 477 g/mol. The number of carbonyl (C=O) groups is 6. The number of pyridine rings is 1. The number of imide groups is 2. The number of anilines is 1. The third kappa shape index (κ3) is 4.93. The molecule has 0 saturated carbocycles. The van der Waals surface area contributed by atoms with Crippen molar-refractivity contribution in [2.75, 3.05) is 11.9 Å². The maximum atomic E-state index is 12.9. The third-order valence-corrected chi connectivity index (χ3v) is 5.81. The van der Waals surface area contributed by atoms with Gasteiger partial charge in [0.15, 0.2) is 0 Å². The topological polar surface area (TPSA) is 155 Å². The van der Waals surface area contributed by atoms with Gasteiger partial charge in [0, 0.05) is 26.1 Å². The summed E-state index contributed by atoms with van der Waals surface area (Å²) in [5.41, 5.74) is 1.86. The average molecular weight is 477 g/mol. The summed E-state index contributed by atoms with van der Waals surface area (Å²) in [5, 5.41) is 7.53. The summed E-state index contributed by atoms with van der Waals surface area (Å²) in [5.74, 6) is -2.85. The fraction of sp³-hybridized carbons (Fsp3) is 0.292. The highest BCUT2D eigenvalue weighted by Crippen LogP contribution is 2.28. The predicted molar refractivity (Wildman–Crippen MR) is 122 cm³/mol. The first-order valence-electron chi connectivity index (χ1n) is 11.1. The molecule has 2 aliphatic heterocycles. The summed E-state index contributed by atoms with van der Waals surface area (Å²) < 4.78 is 0. The summed E-state index contributed by atoms with van der Waals surface area (Å²) in [6, 6.07) is 5.43. The molecule has 1 aromatic carbocycles. The Labute approximate surface area is 200 Å². The van der Waals surface area contributed by atoms with E-state index in [2.05, 4.69) is 20.9 Å². The van der Waals surface area contributed by atoms with Crippen LogP contribution < -0.4 is 16.0 Å². The Bertz CT molecular complexity index is 1260. The van der Waals surface area contributed by atoms with Crippen LogP contribution in [0.2, 0.25) is 0 Å². The number of carbonyl (C=O) groups excluding carboxylic acids is 6. The molecule has 1 fully saturated rings. The van der Waals surface area contributed by atoms with Gasteiger partial charge in [-0.05, 0) is 43.0 Å². The van der Waals surface area contributed by atoms with Crippen molar-refractivity contribution < 1.29 is 28.8 Å². The molecule has 11 nitrogen and oxygen atoms in total. The smallest absolute Gasteiger partial charge is 0.262 e. The fourth-order valence-electron chi connectivity index (χ4n) is 4.15. The van der Waals surface area contributed by atoms with Crippen LogP contribution in [-0.2, 0) is 20.8 Å². The zero-order chi connectivity index (χ0) is 25.1. The van der Waals surface area contributed by atoms with E-state index in [4.69, 9.17) is 0 Å². The lowest BCUT2D eigenvalue weighted by molar-refractivity contribution is -0.136. The van der Waals surface area contributed by atoms with E-state index in [9.17, 15) is 28.8 Å². The molecule has 1 aromatic heterocycles. The van der Waals surface area contributed by atoms with Crippen LogP contribution in [0.1, 0.15) is 62.8 Å². The summed E-state index contributed by atoms with van der Waals surface area (Å²) >= 11 is 0. The van der Waals surface area contributed by atoms with Gasteiger partial charge in [0.1, 0.15) is 6.04 Å². The molecular formula is C24H23N5O6. The predicted octanol–water partition coefficient (Wildman–Crippen LogP) is 0.804. The Balaban J connectivity index is 1.36. The second kappa shape index (κ2) is 9.84. The standard InChI is InChI=1S/C24H23N5O6/c1-13(30)27-18-12-25-10-8-16(18)21(32)26-9-2-3-14-4-5-15-17(11-14)24(35)29(23(15)34)19-6-7-20(31)28-22(19)33/h4-5,8,10-12,19H,2-3,6-7,9H2,1H3,(H,26,32)(H,27,30)(H,28,31,33). The lowest BCUT2D eigenvalue weighted by atomic mass is 10.0. The molecule has 1 unspecified atom stereocenters. The van der Waals surface area contributed by atoms with Crippen molar-refractivity contribution >= 4 is 41.1 Å². The van der Waals surface area contributed by atoms with Gasteiger partial charge in [-0.3, -0.25) is 44.0 Å². The van der Waals surface area contributed by atoms with E-state index < -0.39 is 29.7 Å². The maximum Gasteiger partial charge on any atom is 0.262 e. The van der Waals surface area contributed by atoms with Crippen molar-refractivity contribution in [1.29, 1.82) is 0 Å². The molecule has 180 valence electrons. The van der Waals surface area contributed by atoms with Gasteiger partial charge in [0.25, 0.3) is 17.7 Å². The van der Waals surface area contributed by atoms with Gasteiger partial charge < -0.3 is 10.6 Å². The molecule has 0 aliphatic carbocycles. The summed E-state index contributed by atoms with van der Waals surface area (Å²) in [6.45, 7) is 1.68. The normalized spacial score (nSPS) is 17.2. The first kappa shape index (κ1) is 23.7. The molecule has 3 N–H and O–H groups in total. The van der Waals surface area contributed by atoms with Crippen molar-refractivity contribution in [3.8, 4) is 0 Å².